The molecular weight excluding hydrogens is 254 g/mol. The smallest absolute Gasteiger partial charge is 0.304 e. The van der Waals surface area contributed by atoms with Crippen molar-refractivity contribution in [3.8, 4) is 5.75 Å². The van der Waals surface area contributed by atoms with Gasteiger partial charge in [0, 0.05) is 6.54 Å². The molecule has 0 spiro atoms. The number of benzene rings is 1. The summed E-state index contributed by atoms with van der Waals surface area (Å²) in [5.74, 6) is 0.352. The fourth-order valence-electron chi connectivity index (χ4n) is 2.79. The lowest BCUT2D eigenvalue weighted by atomic mass is 9.90. The topological polar surface area (TPSA) is 60.8 Å². The normalized spacial score (nSPS) is 17.2. The van der Waals surface area contributed by atoms with Gasteiger partial charge in [0.15, 0.2) is 0 Å². The standard InChI is InChI=1S/C16H23NO3/c18-15-5-3-13(4-6-15)1-2-14-7-10-17(11-8-14)12-9-16(19)20/h3-6,14,18H,1-2,7-12H2,(H,19,20). The molecule has 1 fully saturated rings. The molecule has 0 aromatic heterocycles. The number of carboxylic acids is 1. The van der Waals surface area contributed by atoms with E-state index < -0.39 is 5.97 Å². The van der Waals surface area contributed by atoms with E-state index in [0.717, 1.165) is 38.3 Å². The van der Waals surface area contributed by atoms with E-state index in [4.69, 9.17) is 5.11 Å². The van der Waals surface area contributed by atoms with Gasteiger partial charge in [-0.1, -0.05) is 12.1 Å². The highest BCUT2D eigenvalue weighted by Gasteiger charge is 2.19. The first kappa shape index (κ1) is 14.9. The lowest BCUT2D eigenvalue weighted by molar-refractivity contribution is -0.137. The Morgan fingerprint density at radius 2 is 1.85 bits per heavy atom. The first-order valence-corrected chi connectivity index (χ1v) is 7.35. The lowest BCUT2D eigenvalue weighted by Gasteiger charge is -2.31. The van der Waals surface area contributed by atoms with E-state index in [1.54, 1.807) is 12.1 Å². The second kappa shape index (κ2) is 7.29. The predicted molar refractivity (Wildman–Crippen MR) is 77.8 cm³/mol. The van der Waals surface area contributed by atoms with Crippen molar-refractivity contribution >= 4 is 5.97 Å². The highest BCUT2D eigenvalue weighted by Crippen LogP contribution is 2.23. The zero-order valence-electron chi connectivity index (χ0n) is 11.8. The molecule has 1 aliphatic rings. The fraction of sp³-hybridized carbons (Fsp3) is 0.562. The van der Waals surface area contributed by atoms with Gasteiger partial charge in [0.25, 0.3) is 0 Å². The Morgan fingerprint density at radius 3 is 2.45 bits per heavy atom. The molecule has 0 unspecified atom stereocenters. The molecule has 4 heteroatoms. The van der Waals surface area contributed by atoms with Crippen LogP contribution in [0.3, 0.4) is 0 Å². The summed E-state index contributed by atoms with van der Waals surface area (Å²) in [7, 11) is 0. The van der Waals surface area contributed by atoms with Crippen LogP contribution in [-0.4, -0.2) is 40.7 Å². The fourth-order valence-corrected chi connectivity index (χ4v) is 2.79. The zero-order chi connectivity index (χ0) is 14.4. The van der Waals surface area contributed by atoms with Crippen molar-refractivity contribution in [1.82, 2.24) is 4.90 Å². The zero-order valence-corrected chi connectivity index (χ0v) is 11.8. The Balaban J connectivity index is 1.66. The minimum absolute atomic E-state index is 0.248. The first-order chi connectivity index (χ1) is 9.63. The third-order valence-corrected chi connectivity index (χ3v) is 4.13. The average Bonchev–Trinajstić information content (AvgIpc) is 2.45. The number of nitrogens with zero attached hydrogens (tertiary/aromatic N) is 1. The molecule has 0 saturated carbocycles. The van der Waals surface area contributed by atoms with Gasteiger partial charge in [-0.3, -0.25) is 4.79 Å². The SMILES string of the molecule is O=C(O)CCN1CCC(CCc2ccc(O)cc2)CC1. The Morgan fingerprint density at radius 1 is 1.20 bits per heavy atom. The molecule has 2 N–H and O–H groups in total. The summed E-state index contributed by atoms with van der Waals surface area (Å²) < 4.78 is 0. The predicted octanol–water partition coefficient (Wildman–Crippen LogP) is 2.51. The van der Waals surface area contributed by atoms with Crippen molar-refractivity contribution < 1.29 is 15.0 Å². The molecule has 0 bridgehead atoms. The number of carboxylic acid groups (broad SMARTS) is 1. The van der Waals surface area contributed by atoms with Gasteiger partial charge in [-0.2, -0.15) is 0 Å². The van der Waals surface area contributed by atoms with Crippen LogP contribution in [0.2, 0.25) is 0 Å². The Labute approximate surface area is 120 Å². The third kappa shape index (κ3) is 4.85. The van der Waals surface area contributed by atoms with Crippen molar-refractivity contribution in [2.24, 2.45) is 5.92 Å². The van der Waals surface area contributed by atoms with E-state index in [2.05, 4.69) is 4.90 Å². The molecule has 0 radical (unpaired) electrons. The molecule has 4 nitrogen and oxygen atoms in total. The molecule has 1 aromatic rings. The summed E-state index contributed by atoms with van der Waals surface area (Å²) in [6.07, 6.45) is 4.81. The molecule has 0 aliphatic carbocycles. The van der Waals surface area contributed by atoms with E-state index >= 15 is 0 Å². The summed E-state index contributed by atoms with van der Waals surface area (Å²) in [5.41, 5.74) is 1.27. The molecule has 0 atom stereocenters. The van der Waals surface area contributed by atoms with Crippen LogP contribution in [0, 0.1) is 5.92 Å². The summed E-state index contributed by atoms with van der Waals surface area (Å²) >= 11 is 0. The monoisotopic (exact) mass is 277 g/mol. The van der Waals surface area contributed by atoms with E-state index in [9.17, 15) is 9.90 Å². The number of phenolic OH excluding ortho intramolecular Hbond substituents is 1. The molecule has 1 saturated heterocycles. The quantitative estimate of drug-likeness (QED) is 0.838. The number of piperidine rings is 1. The van der Waals surface area contributed by atoms with Gasteiger partial charge >= 0.3 is 5.97 Å². The minimum Gasteiger partial charge on any atom is -0.508 e. The van der Waals surface area contributed by atoms with Gasteiger partial charge in [-0.25, -0.2) is 0 Å². The Bertz CT molecular complexity index is 422. The van der Waals surface area contributed by atoms with Crippen LogP contribution in [0.5, 0.6) is 5.75 Å². The summed E-state index contributed by atoms with van der Waals surface area (Å²) in [6.45, 7) is 2.72. The molecule has 1 aromatic carbocycles. The molecule has 2 rings (SSSR count). The van der Waals surface area contributed by atoms with Gasteiger partial charge < -0.3 is 15.1 Å². The molecule has 0 amide bonds. The average molecular weight is 277 g/mol. The summed E-state index contributed by atoms with van der Waals surface area (Å²) in [6, 6.07) is 7.45. The first-order valence-electron chi connectivity index (χ1n) is 7.35. The number of likely N-dealkylation sites (tertiary alicyclic amines) is 1. The maximum atomic E-state index is 10.5. The van der Waals surface area contributed by atoms with Crippen LogP contribution in [0.4, 0.5) is 0 Å². The van der Waals surface area contributed by atoms with E-state index in [1.165, 1.54) is 12.0 Å². The molecule has 1 aliphatic heterocycles. The molecule has 20 heavy (non-hydrogen) atoms. The van der Waals surface area contributed by atoms with Gasteiger partial charge in [0.2, 0.25) is 0 Å². The highest BCUT2D eigenvalue weighted by atomic mass is 16.4. The summed E-state index contributed by atoms with van der Waals surface area (Å²) in [4.78, 5) is 12.8. The van der Waals surface area contributed by atoms with Crippen LogP contribution in [0.1, 0.15) is 31.2 Å². The number of phenols is 1. The Hall–Kier alpha value is -1.55. The maximum absolute atomic E-state index is 10.5. The number of aryl methyl sites for hydroxylation is 1. The Kier molecular flexibility index (Phi) is 5.41. The maximum Gasteiger partial charge on any atom is 0.304 e. The van der Waals surface area contributed by atoms with Crippen molar-refractivity contribution in [3.05, 3.63) is 29.8 Å². The molecule has 1 heterocycles. The van der Waals surface area contributed by atoms with Crippen LogP contribution < -0.4 is 0 Å². The number of aromatic hydroxyl groups is 1. The van der Waals surface area contributed by atoms with Crippen LogP contribution in [0.25, 0.3) is 0 Å². The van der Waals surface area contributed by atoms with Gasteiger partial charge in [-0.15, -0.1) is 0 Å². The third-order valence-electron chi connectivity index (χ3n) is 4.13. The van der Waals surface area contributed by atoms with E-state index in [1.807, 2.05) is 12.1 Å². The second-order valence-corrected chi connectivity index (χ2v) is 5.63. The number of aliphatic carboxylic acids is 1. The van der Waals surface area contributed by atoms with Crippen LogP contribution in [-0.2, 0) is 11.2 Å². The minimum atomic E-state index is -0.709. The number of rotatable bonds is 6. The second-order valence-electron chi connectivity index (χ2n) is 5.63. The largest absolute Gasteiger partial charge is 0.508 e. The van der Waals surface area contributed by atoms with Crippen molar-refractivity contribution in [3.63, 3.8) is 0 Å². The van der Waals surface area contributed by atoms with Crippen LogP contribution in [0.15, 0.2) is 24.3 Å². The van der Waals surface area contributed by atoms with Crippen molar-refractivity contribution in [2.45, 2.75) is 32.1 Å². The number of hydrogen-bond acceptors (Lipinski definition) is 3. The van der Waals surface area contributed by atoms with Crippen LogP contribution >= 0.6 is 0 Å². The van der Waals surface area contributed by atoms with Gasteiger partial charge in [0.05, 0.1) is 6.42 Å². The van der Waals surface area contributed by atoms with E-state index in [0.29, 0.717) is 12.3 Å². The number of hydrogen-bond donors (Lipinski definition) is 2. The van der Waals surface area contributed by atoms with Crippen molar-refractivity contribution in [1.29, 1.82) is 0 Å². The summed E-state index contributed by atoms with van der Waals surface area (Å²) in [5, 5.41) is 17.9. The van der Waals surface area contributed by atoms with Crippen molar-refractivity contribution in [2.75, 3.05) is 19.6 Å². The lowest BCUT2D eigenvalue weighted by Crippen LogP contribution is -2.35. The van der Waals surface area contributed by atoms with Gasteiger partial charge in [0.1, 0.15) is 5.75 Å². The molecule has 110 valence electrons. The van der Waals surface area contributed by atoms with Gasteiger partial charge in [-0.05, 0) is 62.4 Å². The van der Waals surface area contributed by atoms with E-state index in [-0.39, 0.29) is 6.42 Å². The molecular formula is C16H23NO3. The highest BCUT2D eigenvalue weighted by molar-refractivity contribution is 5.66. The number of carbonyl (C=O) groups is 1.